The molecule has 25 heavy (non-hydrogen) atoms. The molecule has 132 valence electrons. The van der Waals surface area contributed by atoms with E-state index in [2.05, 4.69) is 24.4 Å². The highest BCUT2D eigenvalue weighted by atomic mass is 35.5. The molecule has 0 saturated heterocycles. The van der Waals surface area contributed by atoms with Crippen LogP contribution in [0.2, 0.25) is 10.0 Å². The molecule has 0 aliphatic carbocycles. The van der Waals surface area contributed by atoms with Crippen molar-refractivity contribution < 1.29 is 9.53 Å². The SMILES string of the molecule is CCCc1ccc(OCCNC(=O)/C=C/c2ccc(Cl)cc2Cl)cc1. The second-order valence-electron chi connectivity index (χ2n) is 5.53. The highest BCUT2D eigenvalue weighted by Crippen LogP contribution is 2.21. The Hall–Kier alpha value is -1.97. The van der Waals surface area contributed by atoms with Gasteiger partial charge >= 0.3 is 0 Å². The minimum Gasteiger partial charge on any atom is -0.492 e. The predicted octanol–water partition coefficient (Wildman–Crippen LogP) is 5.15. The Morgan fingerprint density at radius 1 is 1.16 bits per heavy atom. The Morgan fingerprint density at radius 2 is 1.92 bits per heavy atom. The van der Waals surface area contributed by atoms with Gasteiger partial charge in [0.05, 0.1) is 6.54 Å². The molecule has 1 amide bonds. The van der Waals surface area contributed by atoms with E-state index in [4.69, 9.17) is 27.9 Å². The van der Waals surface area contributed by atoms with Gasteiger partial charge in [0.2, 0.25) is 5.91 Å². The predicted molar refractivity (Wildman–Crippen MR) is 104 cm³/mol. The minimum absolute atomic E-state index is 0.201. The molecule has 2 aromatic carbocycles. The molecule has 0 atom stereocenters. The van der Waals surface area contributed by atoms with Crippen molar-refractivity contribution >= 4 is 35.2 Å². The van der Waals surface area contributed by atoms with E-state index in [9.17, 15) is 4.79 Å². The molecular formula is C20H21Cl2NO2. The van der Waals surface area contributed by atoms with Crippen LogP contribution in [0.25, 0.3) is 6.08 Å². The molecule has 0 bridgehead atoms. The maximum atomic E-state index is 11.8. The van der Waals surface area contributed by atoms with Gasteiger partial charge in [-0.3, -0.25) is 4.79 Å². The summed E-state index contributed by atoms with van der Waals surface area (Å²) in [7, 11) is 0. The van der Waals surface area contributed by atoms with Crippen molar-refractivity contribution in [3.63, 3.8) is 0 Å². The van der Waals surface area contributed by atoms with E-state index in [-0.39, 0.29) is 5.91 Å². The lowest BCUT2D eigenvalue weighted by atomic mass is 10.1. The number of hydrogen-bond acceptors (Lipinski definition) is 2. The van der Waals surface area contributed by atoms with Crippen LogP contribution < -0.4 is 10.1 Å². The van der Waals surface area contributed by atoms with Crippen molar-refractivity contribution in [3.8, 4) is 5.75 Å². The van der Waals surface area contributed by atoms with Crippen LogP contribution >= 0.6 is 23.2 Å². The van der Waals surface area contributed by atoms with Crippen LogP contribution in [0.3, 0.4) is 0 Å². The van der Waals surface area contributed by atoms with Crippen LogP contribution in [0.5, 0.6) is 5.75 Å². The van der Waals surface area contributed by atoms with E-state index in [1.165, 1.54) is 11.6 Å². The molecule has 0 aliphatic rings. The third-order valence-corrected chi connectivity index (χ3v) is 4.07. The highest BCUT2D eigenvalue weighted by Gasteiger charge is 2.00. The molecule has 3 nitrogen and oxygen atoms in total. The van der Waals surface area contributed by atoms with Crippen molar-refractivity contribution in [2.75, 3.05) is 13.2 Å². The Balaban J connectivity index is 1.72. The summed E-state index contributed by atoms with van der Waals surface area (Å²) in [6, 6.07) is 13.2. The maximum absolute atomic E-state index is 11.8. The Kier molecular flexibility index (Phi) is 7.83. The van der Waals surface area contributed by atoms with Gasteiger partial charge in [-0.25, -0.2) is 0 Å². The van der Waals surface area contributed by atoms with Crippen molar-refractivity contribution in [2.24, 2.45) is 0 Å². The number of ether oxygens (including phenoxy) is 1. The van der Waals surface area contributed by atoms with Crippen molar-refractivity contribution in [1.82, 2.24) is 5.32 Å². The number of carbonyl (C=O) groups is 1. The van der Waals surface area contributed by atoms with Crippen LogP contribution in [-0.4, -0.2) is 19.1 Å². The van der Waals surface area contributed by atoms with E-state index in [0.717, 1.165) is 24.2 Å². The summed E-state index contributed by atoms with van der Waals surface area (Å²) in [5.41, 5.74) is 2.04. The first kappa shape index (κ1) is 19.4. The summed E-state index contributed by atoms with van der Waals surface area (Å²) in [5.74, 6) is 0.602. The summed E-state index contributed by atoms with van der Waals surface area (Å²) < 4.78 is 5.61. The largest absolute Gasteiger partial charge is 0.492 e. The summed E-state index contributed by atoms with van der Waals surface area (Å²) >= 11 is 11.9. The highest BCUT2D eigenvalue weighted by molar-refractivity contribution is 6.35. The summed E-state index contributed by atoms with van der Waals surface area (Å²) in [5, 5.41) is 3.83. The molecule has 0 aliphatic heterocycles. The van der Waals surface area contributed by atoms with Crippen LogP contribution in [0.4, 0.5) is 0 Å². The van der Waals surface area contributed by atoms with E-state index >= 15 is 0 Å². The number of halogens is 2. The first-order valence-corrected chi connectivity index (χ1v) is 8.97. The average Bonchev–Trinajstić information content (AvgIpc) is 2.59. The number of nitrogens with one attached hydrogen (secondary N) is 1. The van der Waals surface area contributed by atoms with Gasteiger partial charge in [0.1, 0.15) is 12.4 Å². The standard InChI is InChI=1S/C20H21Cl2NO2/c1-2-3-15-4-9-18(10-5-15)25-13-12-23-20(24)11-7-16-6-8-17(21)14-19(16)22/h4-11,14H,2-3,12-13H2,1H3,(H,23,24)/b11-7+. The number of hydrogen-bond donors (Lipinski definition) is 1. The molecule has 2 aromatic rings. The number of amides is 1. The summed E-state index contributed by atoms with van der Waals surface area (Å²) in [6.07, 6.45) is 5.29. The molecule has 5 heteroatoms. The van der Waals surface area contributed by atoms with Gasteiger partial charge in [-0.1, -0.05) is 54.7 Å². The number of carbonyl (C=O) groups excluding carboxylic acids is 1. The minimum atomic E-state index is -0.201. The molecule has 1 N–H and O–H groups in total. The van der Waals surface area contributed by atoms with Gasteiger partial charge in [0.15, 0.2) is 0 Å². The number of rotatable bonds is 8. The second-order valence-corrected chi connectivity index (χ2v) is 6.38. The van der Waals surface area contributed by atoms with Gasteiger partial charge in [-0.15, -0.1) is 0 Å². The lowest BCUT2D eigenvalue weighted by molar-refractivity contribution is -0.116. The number of aryl methyl sites for hydroxylation is 1. The third kappa shape index (κ3) is 6.81. The van der Waals surface area contributed by atoms with E-state index in [1.54, 1.807) is 24.3 Å². The summed E-state index contributed by atoms with van der Waals surface area (Å²) in [4.78, 5) is 11.8. The lowest BCUT2D eigenvalue weighted by Gasteiger charge is -2.07. The van der Waals surface area contributed by atoms with Crippen molar-refractivity contribution in [2.45, 2.75) is 19.8 Å². The fraction of sp³-hybridized carbons (Fsp3) is 0.250. The number of benzene rings is 2. The molecule has 0 saturated carbocycles. The summed E-state index contributed by atoms with van der Waals surface area (Å²) in [6.45, 7) is 2.99. The first-order valence-electron chi connectivity index (χ1n) is 8.21. The molecule has 0 radical (unpaired) electrons. The van der Waals surface area contributed by atoms with Gasteiger partial charge in [-0.2, -0.15) is 0 Å². The zero-order chi connectivity index (χ0) is 18.1. The van der Waals surface area contributed by atoms with Crippen LogP contribution in [-0.2, 0) is 11.2 Å². The van der Waals surface area contributed by atoms with Crippen LogP contribution in [0.1, 0.15) is 24.5 Å². The third-order valence-electron chi connectivity index (χ3n) is 3.51. The van der Waals surface area contributed by atoms with E-state index in [1.807, 2.05) is 12.1 Å². The zero-order valence-electron chi connectivity index (χ0n) is 14.1. The van der Waals surface area contributed by atoms with Gasteiger partial charge in [-0.05, 0) is 47.9 Å². The topological polar surface area (TPSA) is 38.3 Å². The lowest BCUT2D eigenvalue weighted by Crippen LogP contribution is -2.26. The normalized spacial score (nSPS) is 10.8. The second kappa shape index (κ2) is 10.1. The van der Waals surface area contributed by atoms with Gasteiger partial charge in [0, 0.05) is 16.1 Å². The van der Waals surface area contributed by atoms with Crippen LogP contribution in [0, 0.1) is 0 Å². The van der Waals surface area contributed by atoms with E-state index in [0.29, 0.717) is 23.2 Å². The Bertz CT molecular complexity index is 727. The first-order chi connectivity index (χ1) is 12.1. The monoisotopic (exact) mass is 377 g/mol. The quantitative estimate of drug-likeness (QED) is 0.509. The molecule has 0 spiro atoms. The van der Waals surface area contributed by atoms with Gasteiger partial charge in [0.25, 0.3) is 0 Å². The molecule has 0 fully saturated rings. The Morgan fingerprint density at radius 3 is 2.60 bits per heavy atom. The smallest absolute Gasteiger partial charge is 0.244 e. The van der Waals surface area contributed by atoms with Crippen molar-refractivity contribution in [1.29, 1.82) is 0 Å². The fourth-order valence-corrected chi connectivity index (χ4v) is 2.72. The zero-order valence-corrected chi connectivity index (χ0v) is 15.6. The van der Waals surface area contributed by atoms with Gasteiger partial charge < -0.3 is 10.1 Å². The molecule has 0 unspecified atom stereocenters. The molecule has 0 heterocycles. The molecular weight excluding hydrogens is 357 g/mol. The average molecular weight is 378 g/mol. The maximum Gasteiger partial charge on any atom is 0.244 e. The molecule has 0 aromatic heterocycles. The molecule has 2 rings (SSSR count). The van der Waals surface area contributed by atoms with Crippen LogP contribution in [0.15, 0.2) is 48.5 Å². The Labute approximate surface area is 158 Å². The van der Waals surface area contributed by atoms with Crippen molar-refractivity contribution in [3.05, 3.63) is 69.7 Å². The fourth-order valence-electron chi connectivity index (χ4n) is 2.25. The van der Waals surface area contributed by atoms with E-state index < -0.39 is 0 Å².